The number of rotatable bonds is 23. The average Bonchev–Trinajstić information content (AvgIpc) is 1.00. The normalized spacial score (nSPS) is 18.3. The van der Waals surface area contributed by atoms with E-state index in [-0.39, 0.29) is 18.8 Å². The van der Waals surface area contributed by atoms with Crippen LogP contribution < -0.4 is 22.1 Å². The van der Waals surface area contributed by atoms with Gasteiger partial charge in [-0.05, 0) is 197 Å². The van der Waals surface area contributed by atoms with Crippen LogP contribution in [-0.2, 0) is 4.74 Å². The van der Waals surface area contributed by atoms with Crippen molar-refractivity contribution in [2.75, 3.05) is 55.0 Å². The topological polar surface area (TPSA) is 490 Å². The van der Waals surface area contributed by atoms with Crippen molar-refractivity contribution in [3.05, 3.63) is 166 Å². The lowest BCUT2D eigenvalue weighted by atomic mass is 10.00. The number of nitrogens with one attached hydrogen (secondary N) is 2. The number of ether oxygens (including phenoxy) is 1. The standard InChI is InChI=1S/C42H50N6O10S2.C30H26N6S2.C6H12O6/c1-19-5-12-31-35(22(19)4)46-42(59-31)24-8-11-26-32(14-24)60-41(45-26)23-6-9-25(10-7-23)47-48-36-33(43-15-27(51)37(55)39(57)29(53)17-49)20(2)13-21(3)34(36)44-16-28(52)38(56)40(58)30(54)18-50;1-15-5-12-23-27(18(15)4)34-30(37-23)20-8-11-22-24(14-20)38-29(33-22)19-6-9-21(10-7-19)35-36-28-25(31)16(2)13-17(3)26(28)32;7-1-2-3(8)4(9)5(10)6(11)12-2/h5-14,27-30,37-40,43-44,49-58H,15-18H2,1-4H3;5-14H,31-32H2,1-4H3;2-11H,1H2. The molecule has 13 rings (SSSR count). The van der Waals surface area contributed by atoms with Crippen LogP contribution in [0.3, 0.4) is 0 Å². The fourth-order valence-corrected chi connectivity index (χ4v) is 16.2. The molecule has 0 spiro atoms. The van der Waals surface area contributed by atoms with E-state index in [9.17, 15) is 51.1 Å². The van der Waals surface area contributed by atoms with E-state index in [4.69, 9.17) is 56.9 Å². The van der Waals surface area contributed by atoms with Crippen LogP contribution in [0.1, 0.15) is 44.5 Å². The van der Waals surface area contributed by atoms with Gasteiger partial charge in [-0.2, -0.15) is 10.2 Å². The summed E-state index contributed by atoms with van der Waals surface area (Å²) in [4.78, 5) is 19.6. The van der Waals surface area contributed by atoms with Gasteiger partial charge < -0.3 is 103 Å². The molecule has 0 amide bonds. The molecule has 21 N–H and O–H groups in total. The molecule has 13 unspecified atom stereocenters. The van der Waals surface area contributed by atoms with Crippen LogP contribution in [0.25, 0.3) is 83.2 Å². The number of aryl methyl sites for hydroxylation is 8. The van der Waals surface area contributed by atoms with Crippen LogP contribution in [-0.4, -0.2) is 209 Å². The number of benzene rings is 8. The number of aliphatic hydroxyl groups is 15. The third-order valence-corrected chi connectivity index (χ3v) is 23.5. The maximum absolute atomic E-state index is 10.7. The zero-order chi connectivity index (χ0) is 79.3. The first-order valence-corrected chi connectivity index (χ1v) is 38.3. The van der Waals surface area contributed by atoms with Gasteiger partial charge in [-0.3, -0.25) is 0 Å². The molecular formula is C78H88N12O16S4. The van der Waals surface area contributed by atoms with Gasteiger partial charge in [-0.15, -0.1) is 55.6 Å². The van der Waals surface area contributed by atoms with Gasteiger partial charge in [0.05, 0.1) is 107 Å². The Morgan fingerprint density at radius 3 is 1.18 bits per heavy atom. The van der Waals surface area contributed by atoms with Crippen molar-refractivity contribution in [1.82, 2.24) is 19.9 Å². The maximum atomic E-state index is 10.7. The van der Waals surface area contributed by atoms with E-state index in [1.54, 1.807) is 77.4 Å². The fraction of sp³-hybridized carbons (Fsp3) is 0.333. The Morgan fingerprint density at radius 1 is 0.400 bits per heavy atom. The lowest BCUT2D eigenvalue weighted by Gasteiger charge is -2.37. The average molecular weight is 1580 g/mol. The summed E-state index contributed by atoms with van der Waals surface area (Å²) in [5.74, 6) is 0. The number of hydrogen-bond acceptors (Lipinski definition) is 32. The molecule has 12 aromatic rings. The first kappa shape index (κ1) is 82.1. The molecule has 5 heterocycles. The Balaban J connectivity index is 0.000000202. The van der Waals surface area contributed by atoms with E-state index >= 15 is 0 Å². The summed E-state index contributed by atoms with van der Waals surface area (Å²) < 4.78 is 9.08. The number of thiazole rings is 4. The van der Waals surface area contributed by atoms with Gasteiger partial charge in [0.25, 0.3) is 0 Å². The Morgan fingerprint density at radius 2 is 0.773 bits per heavy atom. The number of nitrogen functional groups attached to an aromatic ring is 2. The molecule has 1 aliphatic rings. The number of anilines is 4. The van der Waals surface area contributed by atoms with E-state index in [1.165, 1.54) is 27.0 Å². The van der Waals surface area contributed by atoms with Gasteiger partial charge in [-0.1, -0.05) is 24.3 Å². The second-order valence-corrected chi connectivity index (χ2v) is 31.1. The molecule has 1 saturated heterocycles. The lowest BCUT2D eigenvalue weighted by Crippen LogP contribution is -2.58. The van der Waals surface area contributed by atoms with E-state index < -0.39 is 99.4 Å². The summed E-state index contributed by atoms with van der Waals surface area (Å²) in [7, 11) is 0. The highest BCUT2D eigenvalue weighted by Gasteiger charge is 2.42. The molecule has 1 fully saturated rings. The van der Waals surface area contributed by atoms with Crippen LogP contribution in [0.4, 0.5) is 45.5 Å². The van der Waals surface area contributed by atoms with E-state index in [0.717, 1.165) is 95.3 Å². The summed E-state index contributed by atoms with van der Waals surface area (Å²) in [5, 5.41) is 173. The number of fused-ring (bicyclic) bond motifs is 4. The Kier molecular flexibility index (Phi) is 26.6. The molecule has 32 heteroatoms. The largest absolute Gasteiger partial charge is 0.397 e. The molecule has 0 radical (unpaired) electrons. The Hall–Kier alpha value is -8.92. The van der Waals surface area contributed by atoms with Crippen molar-refractivity contribution in [2.24, 2.45) is 20.5 Å². The van der Waals surface area contributed by atoms with E-state index in [2.05, 4.69) is 112 Å². The quantitative estimate of drug-likeness (QED) is 0.0209. The molecular weight excluding hydrogens is 1490 g/mol. The minimum Gasteiger partial charge on any atom is -0.397 e. The smallest absolute Gasteiger partial charge is 0.184 e. The molecule has 0 bridgehead atoms. The molecule has 0 aliphatic carbocycles. The van der Waals surface area contributed by atoms with Crippen LogP contribution in [0.15, 0.2) is 142 Å². The monoisotopic (exact) mass is 1580 g/mol. The highest BCUT2D eigenvalue weighted by molar-refractivity contribution is 7.23. The highest BCUT2D eigenvalue weighted by Crippen LogP contribution is 2.44. The molecule has 28 nitrogen and oxygen atoms in total. The number of nitrogens with two attached hydrogens (primary N) is 2. The predicted molar refractivity (Wildman–Crippen MR) is 430 cm³/mol. The third kappa shape index (κ3) is 18.2. The summed E-state index contributed by atoms with van der Waals surface area (Å²) in [5.41, 5.74) is 32.1. The molecule has 8 aromatic carbocycles. The molecule has 1 aliphatic heterocycles. The number of hydrogen-bond donors (Lipinski definition) is 19. The van der Waals surface area contributed by atoms with Crippen LogP contribution in [0.5, 0.6) is 0 Å². The van der Waals surface area contributed by atoms with Crippen molar-refractivity contribution >= 4 is 132 Å². The zero-order valence-electron chi connectivity index (χ0n) is 61.1. The number of aromatic nitrogens is 4. The van der Waals surface area contributed by atoms with Gasteiger partial charge >= 0.3 is 0 Å². The van der Waals surface area contributed by atoms with Crippen molar-refractivity contribution < 1.29 is 81.3 Å². The Labute approximate surface area is 647 Å². The van der Waals surface area contributed by atoms with Crippen LogP contribution in [0.2, 0.25) is 0 Å². The van der Waals surface area contributed by atoms with Crippen molar-refractivity contribution in [3.8, 4) is 42.3 Å². The minimum atomic E-state index is -1.84. The lowest BCUT2D eigenvalue weighted by molar-refractivity contribution is -0.286. The zero-order valence-corrected chi connectivity index (χ0v) is 64.3. The molecule has 580 valence electrons. The summed E-state index contributed by atoms with van der Waals surface area (Å²) >= 11 is 6.62. The highest BCUT2D eigenvalue weighted by atomic mass is 32.1. The Bertz CT molecular complexity index is 5210. The van der Waals surface area contributed by atoms with Gasteiger partial charge in [0.1, 0.15) is 92.4 Å². The van der Waals surface area contributed by atoms with Crippen molar-refractivity contribution in [2.45, 2.75) is 135 Å². The number of nitrogens with zero attached hydrogens (tertiary/aromatic N) is 8. The van der Waals surface area contributed by atoms with Gasteiger partial charge in [-0.25, -0.2) is 19.9 Å². The summed E-state index contributed by atoms with van der Waals surface area (Å²) in [6.45, 7) is 13.0. The number of aliphatic hydroxyl groups excluding tert-OH is 15. The first-order chi connectivity index (χ1) is 52.5. The molecule has 4 aromatic heterocycles. The fourth-order valence-electron chi connectivity index (χ4n) is 12.1. The molecule has 0 saturated carbocycles. The van der Waals surface area contributed by atoms with Gasteiger partial charge in [0.15, 0.2) is 6.29 Å². The SMILES string of the molecule is Cc1cc(C)c(N)c(N=Nc2ccc(-c3nc4ccc(-c5nc6c(C)c(C)ccc6s5)cc4s3)cc2)c1N.Cc1cc(C)c(NCC(O)C(O)C(O)C(O)CO)c(N=Nc2ccc(-c3nc4ccc(-c5nc6c(C)c(C)ccc6s5)cc4s3)cc2)c1NCC(O)C(O)C(O)C(O)CO.OCC1OC(O)C(O)C(O)C1O. The second-order valence-electron chi connectivity index (χ2n) is 27.0. The minimum absolute atomic E-state index is 0.201. The van der Waals surface area contributed by atoms with Crippen molar-refractivity contribution in [1.29, 1.82) is 0 Å². The molecule has 110 heavy (non-hydrogen) atoms. The third-order valence-electron chi connectivity index (χ3n) is 19.2. The van der Waals surface area contributed by atoms with Gasteiger partial charge in [0, 0.05) is 35.3 Å². The second kappa shape index (κ2) is 35.6. The first-order valence-electron chi connectivity index (χ1n) is 35.0. The van der Waals surface area contributed by atoms with Crippen molar-refractivity contribution in [3.63, 3.8) is 0 Å². The van der Waals surface area contributed by atoms with Crippen LogP contribution in [0, 0.1) is 55.4 Å². The molecule has 13 atom stereocenters. The van der Waals surface area contributed by atoms with E-state index in [1.807, 2.05) is 68.4 Å². The summed E-state index contributed by atoms with van der Waals surface area (Å²) in [6, 6.07) is 40.0. The van der Waals surface area contributed by atoms with E-state index in [0.29, 0.717) is 45.3 Å². The van der Waals surface area contributed by atoms with Gasteiger partial charge in [0.2, 0.25) is 0 Å². The predicted octanol–water partition coefficient (Wildman–Crippen LogP) is 9.42. The number of azo groups is 2. The van der Waals surface area contributed by atoms with Crippen LogP contribution >= 0.6 is 45.3 Å². The maximum Gasteiger partial charge on any atom is 0.184 e. The summed E-state index contributed by atoms with van der Waals surface area (Å²) in [6.07, 6.45) is -21.0.